The van der Waals surface area contributed by atoms with E-state index in [0.717, 1.165) is 32.5 Å². The molecule has 0 fully saturated rings. The molecule has 4 rings (SSSR count). The summed E-state index contributed by atoms with van der Waals surface area (Å²) in [7, 11) is -4.07. The van der Waals surface area contributed by atoms with E-state index in [1.165, 1.54) is 12.1 Å². The predicted octanol–water partition coefficient (Wildman–Crippen LogP) is 5.40. The second-order valence-corrected chi connectivity index (χ2v) is 10.8. The van der Waals surface area contributed by atoms with Crippen LogP contribution in [0.4, 0.5) is 5.69 Å². The lowest BCUT2D eigenvalue weighted by molar-refractivity contribution is -0.119. The number of anilines is 1. The minimum Gasteiger partial charge on any atom is -0.318 e. The molecule has 0 aliphatic rings. The highest BCUT2D eigenvalue weighted by molar-refractivity contribution is 7.92. The summed E-state index contributed by atoms with van der Waals surface area (Å²) in [5.41, 5.74) is 7.41. The smallest absolute Gasteiger partial charge is 0.264 e. The number of amides is 1. The molecule has 0 aliphatic heterocycles. The van der Waals surface area contributed by atoms with Crippen LogP contribution in [0.2, 0.25) is 5.02 Å². The van der Waals surface area contributed by atoms with Crippen molar-refractivity contribution in [2.24, 2.45) is 5.10 Å². The number of para-hydroxylation sites is 2. The van der Waals surface area contributed by atoms with E-state index in [9.17, 15) is 13.2 Å². The minimum absolute atomic E-state index is 0.0580. The standard InChI is InChI=1S/C28H27ClN4O3S/c1-20-13-15-25(16-14-20)37(35,36)32(27-12-8-7-11-26(27)29)19-28(34)31-30-18-23-17-21(2)33(22(23)3)24-9-5-4-6-10-24/h4-18H,19H2,1-3H3,(H,31,34)/b30-18-. The first-order valence-corrected chi connectivity index (χ1v) is 13.4. The Bertz CT molecular complexity index is 1550. The van der Waals surface area contributed by atoms with Gasteiger partial charge in [-0.1, -0.05) is 59.6 Å². The Kier molecular flexibility index (Phi) is 7.80. The zero-order chi connectivity index (χ0) is 26.6. The van der Waals surface area contributed by atoms with Crippen LogP contribution in [0.1, 0.15) is 22.5 Å². The Morgan fingerprint density at radius 3 is 2.30 bits per heavy atom. The van der Waals surface area contributed by atoms with Crippen LogP contribution in [-0.2, 0) is 14.8 Å². The molecule has 7 nitrogen and oxygen atoms in total. The molecule has 0 bridgehead atoms. The van der Waals surface area contributed by atoms with Crippen LogP contribution in [-0.4, -0.2) is 31.7 Å². The van der Waals surface area contributed by atoms with Crippen LogP contribution in [0, 0.1) is 20.8 Å². The van der Waals surface area contributed by atoms with Gasteiger partial charge >= 0.3 is 0 Å². The molecule has 1 N–H and O–H groups in total. The number of hydrazone groups is 1. The number of hydrogen-bond acceptors (Lipinski definition) is 4. The van der Waals surface area contributed by atoms with Crippen molar-refractivity contribution in [3.63, 3.8) is 0 Å². The number of rotatable bonds is 8. The van der Waals surface area contributed by atoms with Gasteiger partial charge in [-0.2, -0.15) is 5.10 Å². The Labute approximate surface area is 222 Å². The maximum Gasteiger partial charge on any atom is 0.264 e. The van der Waals surface area contributed by atoms with Crippen molar-refractivity contribution in [1.82, 2.24) is 9.99 Å². The lowest BCUT2D eigenvalue weighted by Gasteiger charge is -2.24. The van der Waals surface area contributed by atoms with Gasteiger partial charge in [-0.05, 0) is 63.2 Å². The molecule has 4 aromatic rings. The molecular formula is C28H27ClN4O3S. The zero-order valence-corrected chi connectivity index (χ0v) is 22.3. The van der Waals surface area contributed by atoms with Gasteiger partial charge in [-0.25, -0.2) is 13.8 Å². The monoisotopic (exact) mass is 534 g/mol. The van der Waals surface area contributed by atoms with E-state index in [-0.39, 0.29) is 15.6 Å². The number of benzene rings is 3. The summed E-state index contributed by atoms with van der Waals surface area (Å²) in [6, 6.07) is 24.8. The SMILES string of the molecule is Cc1ccc(S(=O)(=O)N(CC(=O)N/N=C\c2cc(C)n(-c3ccccc3)c2C)c2ccccc2Cl)cc1. The van der Waals surface area contributed by atoms with E-state index in [4.69, 9.17) is 11.6 Å². The van der Waals surface area contributed by atoms with E-state index >= 15 is 0 Å². The lowest BCUT2D eigenvalue weighted by atomic mass is 10.2. The van der Waals surface area contributed by atoms with E-state index in [1.54, 1.807) is 42.6 Å². The van der Waals surface area contributed by atoms with Crippen LogP contribution in [0.3, 0.4) is 0 Å². The van der Waals surface area contributed by atoms with Crippen molar-refractivity contribution in [2.45, 2.75) is 25.7 Å². The first-order valence-electron chi connectivity index (χ1n) is 11.6. The second kappa shape index (κ2) is 11.0. The van der Waals surface area contributed by atoms with Gasteiger partial charge in [0.1, 0.15) is 6.54 Å². The largest absolute Gasteiger partial charge is 0.318 e. The molecule has 1 aromatic heterocycles. The summed E-state index contributed by atoms with van der Waals surface area (Å²) >= 11 is 6.32. The summed E-state index contributed by atoms with van der Waals surface area (Å²) in [4.78, 5) is 12.9. The molecule has 9 heteroatoms. The van der Waals surface area contributed by atoms with Gasteiger partial charge in [-0.15, -0.1) is 0 Å². The van der Waals surface area contributed by atoms with Gasteiger partial charge in [0.05, 0.1) is 21.8 Å². The molecule has 1 amide bonds. The van der Waals surface area contributed by atoms with Crippen molar-refractivity contribution in [2.75, 3.05) is 10.8 Å². The third-order valence-corrected chi connectivity index (χ3v) is 7.99. The predicted molar refractivity (Wildman–Crippen MR) is 148 cm³/mol. The van der Waals surface area contributed by atoms with E-state index < -0.39 is 22.5 Å². The van der Waals surface area contributed by atoms with Gasteiger partial charge in [0, 0.05) is 22.6 Å². The minimum atomic E-state index is -4.07. The Balaban J connectivity index is 1.56. The maximum atomic E-state index is 13.5. The van der Waals surface area contributed by atoms with Crippen LogP contribution >= 0.6 is 11.6 Å². The molecule has 3 aromatic carbocycles. The molecule has 0 spiro atoms. The third kappa shape index (κ3) is 5.76. The maximum absolute atomic E-state index is 13.5. The van der Waals surface area contributed by atoms with Crippen molar-refractivity contribution in [3.8, 4) is 5.69 Å². The van der Waals surface area contributed by atoms with Crippen molar-refractivity contribution in [1.29, 1.82) is 0 Å². The Hall–Kier alpha value is -3.88. The molecule has 37 heavy (non-hydrogen) atoms. The quantitative estimate of drug-likeness (QED) is 0.242. The van der Waals surface area contributed by atoms with Gasteiger partial charge in [0.15, 0.2) is 0 Å². The van der Waals surface area contributed by atoms with Gasteiger partial charge in [-0.3, -0.25) is 9.10 Å². The number of aromatic nitrogens is 1. The Morgan fingerprint density at radius 1 is 0.973 bits per heavy atom. The molecule has 1 heterocycles. The lowest BCUT2D eigenvalue weighted by Crippen LogP contribution is -2.39. The Morgan fingerprint density at radius 2 is 1.62 bits per heavy atom. The number of nitrogens with zero attached hydrogens (tertiary/aromatic N) is 3. The number of aryl methyl sites for hydroxylation is 2. The molecule has 0 unspecified atom stereocenters. The zero-order valence-electron chi connectivity index (χ0n) is 20.7. The number of carbonyl (C=O) groups excluding carboxylic acids is 1. The van der Waals surface area contributed by atoms with Crippen LogP contribution in [0.25, 0.3) is 5.69 Å². The highest BCUT2D eigenvalue weighted by Gasteiger charge is 2.28. The summed E-state index contributed by atoms with van der Waals surface area (Å²) in [6.07, 6.45) is 1.55. The molecule has 190 valence electrons. The van der Waals surface area contributed by atoms with Gasteiger partial charge in [0.2, 0.25) is 0 Å². The van der Waals surface area contributed by atoms with E-state index in [0.29, 0.717) is 0 Å². The summed E-state index contributed by atoms with van der Waals surface area (Å²) in [5.74, 6) is -0.608. The third-order valence-electron chi connectivity index (χ3n) is 5.89. The van der Waals surface area contributed by atoms with E-state index in [1.807, 2.05) is 57.2 Å². The molecular weight excluding hydrogens is 508 g/mol. The number of sulfonamides is 1. The average Bonchev–Trinajstić information content (AvgIpc) is 3.16. The summed E-state index contributed by atoms with van der Waals surface area (Å²) in [6.45, 7) is 5.33. The van der Waals surface area contributed by atoms with Gasteiger partial charge in [0.25, 0.3) is 15.9 Å². The van der Waals surface area contributed by atoms with Crippen LogP contribution in [0.5, 0.6) is 0 Å². The van der Waals surface area contributed by atoms with Crippen LogP contribution in [0.15, 0.2) is 94.9 Å². The average molecular weight is 535 g/mol. The highest BCUT2D eigenvalue weighted by Crippen LogP contribution is 2.30. The number of hydrogen-bond donors (Lipinski definition) is 1. The molecule has 0 radical (unpaired) electrons. The molecule has 0 atom stereocenters. The van der Waals surface area contributed by atoms with Crippen molar-refractivity contribution in [3.05, 3.63) is 112 Å². The highest BCUT2D eigenvalue weighted by atomic mass is 35.5. The van der Waals surface area contributed by atoms with Crippen LogP contribution < -0.4 is 9.73 Å². The molecule has 0 saturated carbocycles. The van der Waals surface area contributed by atoms with Crippen molar-refractivity contribution >= 4 is 39.4 Å². The number of halogens is 1. The first-order chi connectivity index (χ1) is 17.7. The fourth-order valence-corrected chi connectivity index (χ4v) is 5.75. The fraction of sp³-hybridized carbons (Fsp3) is 0.143. The molecule has 0 aliphatic carbocycles. The summed E-state index contributed by atoms with van der Waals surface area (Å²) < 4.78 is 30.1. The van der Waals surface area contributed by atoms with Crippen molar-refractivity contribution < 1.29 is 13.2 Å². The number of nitrogens with one attached hydrogen (secondary N) is 1. The van der Waals surface area contributed by atoms with E-state index in [2.05, 4.69) is 15.1 Å². The fourth-order valence-electron chi connectivity index (χ4n) is 4.02. The summed E-state index contributed by atoms with van der Waals surface area (Å²) in [5, 5.41) is 4.30. The van der Waals surface area contributed by atoms with Gasteiger partial charge < -0.3 is 4.57 Å². The number of carbonyl (C=O) groups is 1. The topological polar surface area (TPSA) is 83.8 Å². The first kappa shape index (κ1) is 26.2. The normalized spacial score (nSPS) is 11.6. The second-order valence-electron chi connectivity index (χ2n) is 8.57. The molecule has 0 saturated heterocycles.